The summed E-state index contributed by atoms with van der Waals surface area (Å²) >= 11 is 1.49. The Morgan fingerprint density at radius 2 is 2.27 bits per heavy atom. The predicted octanol–water partition coefficient (Wildman–Crippen LogP) is 1.41. The van der Waals surface area contributed by atoms with E-state index in [0.29, 0.717) is 0 Å². The highest BCUT2D eigenvalue weighted by Gasteiger charge is 2.17. The van der Waals surface area contributed by atoms with Gasteiger partial charge in [0, 0.05) is 13.1 Å². The normalized spacial score (nSPS) is 16.4. The number of hydrogen-bond acceptors (Lipinski definition) is 5. The Balaban J connectivity index is 2.21. The molecule has 4 nitrogen and oxygen atoms in total. The zero-order valence-electron chi connectivity index (χ0n) is 8.69. The van der Waals surface area contributed by atoms with Gasteiger partial charge in [-0.25, -0.2) is 4.98 Å². The molecule has 0 aliphatic carbocycles. The summed E-state index contributed by atoms with van der Waals surface area (Å²) in [4.78, 5) is 7.43. The Labute approximate surface area is 93.1 Å². The van der Waals surface area contributed by atoms with Gasteiger partial charge in [-0.2, -0.15) is 5.26 Å². The average molecular weight is 223 g/mol. The van der Waals surface area contributed by atoms with Crippen LogP contribution in [0, 0.1) is 11.3 Å². The lowest BCUT2D eigenvalue weighted by Gasteiger charge is -2.25. The maximum atomic E-state index is 8.94. The van der Waals surface area contributed by atoms with Gasteiger partial charge >= 0.3 is 0 Å². The van der Waals surface area contributed by atoms with Crippen molar-refractivity contribution in [3.8, 4) is 6.07 Å². The molecule has 1 saturated heterocycles. The largest absolute Gasteiger partial charge is 0.378 e. The van der Waals surface area contributed by atoms with Crippen LogP contribution in [0.1, 0.15) is 17.5 Å². The van der Waals surface area contributed by atoms with Crippen molar-refractivity contribution >= 4 is 16.5 Å². The number of aromatic nitrogens is 1. The number of thiazole rings is 1. The zero-order chi connectivity index (χ0) is 10.7. The summed E-state index contributed by atoms with van der Waals surface area (Å²) in [5.41, 5.74) is 0.920. The molecule has 0 saturated carbocycles. The zero-order valence-corrected chi connectivity index (χ0v) is 9.51. The summed E-state index contributed by atoms with van der Waals surface area (Å²) in [6, 6.07) is 2.20. The molecule has 0 amide bonds. The molecule has 1 aliphatic heterocycles. The van der Waals surface area contributed by atoms with Crippen molar-refractivity contribution in [1.29, 1.82) is 5.26 Å². The van der Waals surface area contributed by atoms with Crippen molar-refractivity contribution < 1.29 is 4.74 Å². The molecule has 0 radical (unpaired) electrons. The molecule has 1 fully saturated rings. The predicted molar refractivity (Wildman–Crippen MR) is 59.2 cm³/mol. The Kier molecular flexibility index (Phi) is 3.19. The molecule has 80 valence electrons. The maximum Gasteiger partial charge on any atom is 0.186 e. The van der Waals surface area contributed by atoms with Crippen molar-refractivity contribution in [2.24, 2.45) is 0 Å². The van der Waals surface area contributed by atoms with E-state index in [1.807, 2.05) is 6.92 Å². The molecule has 15 heavy (non-hydrogen) atoms. The van der Waals surface area contributed by atoms with Gasteiger partial charge in [0.25, 0.3) is 0 Å². The number of nitrogens with zero attached hydrogens (tertiary/aromatic N) is 3. The van der Waals surface area contributed by atoms with Crippen LogP contribution in [0.5, 0.6) is 0 Å². The van der Waals surface area contributed by atoms with Crippen LogP contribution in [0.15, 0.2) is 0 Å². The van der Waals surface area contributed by atoms with Crippen molar-refractivity contribution in [3.05, 3.63) is 10.6 Å². The summed E-state index contributed by atoms with van der Waals surface area (Å²) < 4.78 is 5.28. The highest BCUT2D eigenvalue weighted by Crippen LogP contribution is 2.26. The van der Waals surface area contributed by atoms with E-state index in [1.54, 1.807) is 0 Å². The van der Waals surface area contributed by atoms with Crippen molar-refractivity contribution in [3.63, 3.8) is 0 Å². The van der Waals surface area contributed by atoms with E-state index in [4.69, 9.17) is 10.00 Å². The van der Waals surface area contributed by atoms with E-state index in [9.17, 15) is 0 Å². The highest BCUT2D eigenvalue weighted by molar-refractivity contribution is 7.16. The van der Waals surface area contributed by atoms with Crippen LogP contribution in [-0.4, -0.2) is 31.3 Å². The number of morpholine rings is 1. The van der Waals surface area contributed by atoms with Gasteiger partial charge in [-0.15, -0.1) is 0 Å². The summed E-state index contributed by atoms with van der Waals surface area (Å²) in [5.74, 6) is 0. The van der Waals surface area contributed by atoms with Gasteiger partial charge in [0.1, 0.15) is 10.9 Å². The van der Waals surface area contributed by atoms with E-state index < -0.39 is 0 Å². The third-order valence-corrected chi connectivity index (χ3v) is 3.47. The lowest BCUT2D eigenvalue weighted by molar-refractivity contribution is 0.122. The molecule has 0 N–H and O–H groups in total. The molecule has 0 unspecified atom stereocenters. The maximum absolute atomic E-state index is 8.94. The molecule has 2 rings (SSSR count). The van der Waals surface area contributed by atoms with Crippen LogP contribution in [0.4, 0.5) is 5.13 Å². The number of ether oxygens (including phenoxy) is 1. The first kappa shape index (κ1) is 10.4. The first-order valence-corrected chi connectivity index (χ1v) is 5.89. The first-order valence-electron chi connectivity index (χ1n) is 5.07. The minimum atomic E-state index is 0.749. The molecule has 1 aromatic heterocycles. The van der Waals surface area contributed by atoms with Gasteiger partial charge in [-0.1, -0.05) is 18.3 Å². The van der Waals surface area contributed by atoms with Crippen LogP contribution in [0.25, 0.3) is 0 Å². The fourth-order valence-electron chi connectivity index (χ4n) is 1.56. The van der Waals surface area contributed by atoms with Gasteiger partial charge in [0.05, 0.1) is 18.9 Å². The minimum absolute atomic E-state index is 0.749. The second kappa shape index (κ2) is 4.60. The molecular weight excluding hydrogens is 210 g/mol. The molecule has 0 atom stereocenters. The van der Waals surface area contributed by atoms with E-state index in [-0.39, 0.29) is 0 Å². The quantitative estimate of drug-likeness (QED) is 0.760. The van der Waals surface area contributed by atoms with E-state index in [0.717, 1.165) is 48.4 Å². The first-order chi connectivity index (χ1) is 7.35. The topological polar surface area (TPSA) is 49.2 Å². The number of rotatable bonds is 2. The molecule has 0 aromatic carbocycles. The van der Waals surface area contributed by atoms with Gasteiger partial charge in [0.2, 0.25) is 0 Å². The molecule has 0 bridgehead atoms. The van der Waals surface area contributed by atoms with Gasteiger partial charge in [-0.05, 0) is 6.42 Å². The summed E-state index contributed by atoms with van der Waals surface area (Å²) in [5, 5.41) is 9.90. The van der Waals surface area contributed by atoms with Crippen LogP contribution in [0.2, 0.25) is 0 Å². The summed E-state index contributed by atoms with van der Waals surface area (Å²) in [6.07, 6.45) is 0.823. The van der Waals surface area contributed by atoms with Gasteiger partial charge in [-0.3, -0.25) is 0 Å². The number of aryl methyl sites for hydroxylation is 1. The third-order valence-electron chi connectivity index (χ3n) is 2.40. The standard InChI is InChI=1S/C10H13N3OS/c1-2-8-9(7-11)15-10(12-8)13-3-5-14-6-4-13/h2-6H2,1H3. The van der Waals surface area contributed by atoms with Crippen molar-refractivity contribution in [2.75, 3.05) is 31.2 Å². The van der Waals surface area contributed by atoms with Gasteiger partial charge in [0.15, 0.2) is 5.13 Å². The lowest BCUT2D eigenvalue weighted by Crippen LogP contribution is -2.36. The van der Waals surface area contributed by atoms with Crippen LogP contribution < -0.4 is 4.90 Å². The SMILES string of the molecule is CCc1nc(N2CCOCC2)sc1C#N. The molecule has 2 heterocycles. The second-order valence-corrected chi connectivity index (χ2v) is 4.31. The molecule has 5 heteroatoms. The molecular formula is C10H13N3OS. The number of nitriles is 1. The van der Waals surface area contributed by atoms with E-state index >= 15 is 0 Å². The fourth-order valence-corrected chi connectivity index (χ4v) is 2.56. The summed E-state index contributed by atoms with van der Waals surface area (Å²) in [6.45, 7) is 5.29. The lowest BCUT2D eigenvalue weighted by atomic mass is 10.3. The Hall–Kier alpha value is -1.12. The van der Waals surface area contributed by atoms with Crippen LogP contribution in [-0.2, 0) is 11.2 Å². The van der Waals surface area contributed by atoms with E-state index in [2.05, 4.69) is 16.0 Å². The van der Waals surface area contributed by atoms with E-state index in [1.165, 1.54) is 11.3 Å². The Morgan fingerprint density at radius 3 is 2.80 bits per heavy atom. The summed E-state index contributed by atoms with van der Waals surface area (Å²) in [7, 11) is 0. The smallest absolute Gasteiger partial charge is 0.186 e. The van der Waals surface area contributed by atoms with Crippen molar-refractivity contribution in [2.45, 2.75) is 13.3 Å². The minimum Gasteiger partial charge on any atom is -0.378 e. The van der Waals surface area contributed by atoms with Crippen LogP contribution >= 0.6 is 11.3 Å². The Bertz CT molecular complexity index is 377. The number of anilines is 1. The average Bonchev–Trinajstić information content (AvgIpc) is 2.73. The Morgan fingerprint density at radius 1 is 1.53 bits per heavy atom. The van der Waals surface area contributed by atoms with Gasteiger partial charge < -0.3 is 9.64 Å². The van der Waals surface area contributed by atoms with Crippen LogP contribution in [0.3, 0.4) is 0 Å². The molecule has 0 spiro atoms. The molecule has 1 aromatic rings. The molecule has 1 aliphatic rings. The van der Waals surface area contributed by atoms with Crippen molar-refractivity contribution in [1.82, 2.24) is 4.98 Å². The highest BCUT2D eigenvalue weighted by atomic mass is 32.1. The third kappa shape index (κ3) is 2.11. The second-order valence-electron chi connectivity index (χ2n) is 3.34. The fraction of sp³-hybridized carbons (Fsp3) is 0.600. The number of hydrogen-bond donors (Lipinski definition) is 0. The monoisotopic (exact) mass is 223 g/mol.